The first-order valence-corrected chi connectivity index (χ1v) is 5.76. The van der Waals surface area contributed by atoms with Gasteiger partial charge in [-0.05, 0) is 48.9 Å². The Morgan fingerprint density at radius 3 is 2.37 bits per heavy atom. The summed E-state index contributed by atoms with van der Waals surface area (Å²) in [5.74, 6) is 0.477. The number of aromatic hydroxyl groups is 1. The fraction of sp³-hybridized carbons (Fsp3) is 0.133. The Morgan fingerprint density at radius 2 is 1.74 bits per heavy atom. The van der Waals surface area contributed by atoms with E-state index in [1.807, 2.05) is 13.0 Å². The number of hydrogen-bond donors (Lipinski definition) is 1. The Morgan fingerprint density at radius 1 is 1.05 bits per heavy atom. The molecular weight excluding hydrogens is 244 g/mol. The lowest BCUT2D eigenvalue weighted by molar-refractivity contribution is 0.0729. The van der Waals surface area contributed by atoms with Crippen molar-refractivity contribution < 1.29 is 19.4 Å². The fourth-order valence-corrected chi connectivity index (χ4v) is 1.62. The molecule has 0 bridgehead atoms. The summed E-state index contributed by atoms with van der Waals surface area (Å²) in [6, 6.07) is 11.2. The zero-order valence-electron chi connectivity index (χ0n) is 10.7. The van der Waals surface area contributed by atoms with Gasteiger partial charge in [-0.15, -0.1) is 0 Å². The summed E-state index contributed by atoms with van der Waals surface area (Å²) in [4.78, 5) is 11.9. The molecule has 4 heteroatoms. The molecule has 0 saturated carbocycles. The predicted octanol–water partition coefficient (Wildman–Crippen LogP) is 2.93. The molecule has 2 rings (SSSR count). The molecule has 0 saturated heterocycles. The zero-order chi connectivity index (χ0) is 13.8. The molecule has 0 heterocycles. The normalized spacial score (nSPS) is 10.0. The van der Waals surface area contributed by atoms with E-state index in [2.05, 4.69) is 0 Å². The molecule has 1 N–H and O–H groups in total. The number of ether oxygens (including phenoxy) is 2. The standard InChI is InChI=1S/C15H14O4/c1-10-3-8-13(14(9-10)18-2)19-15(17)11-4-6-12(16)7-5-11/h3-9,16H,1-2H3. The average molecular weight is 258 g/mol. The topological polar surface area (TPSA) is 55.8 Å². The molecule has 0 spiro atoms. The first-order valence-electron chi connectivity index (χ1n) is 5.76. The van der Waals surface area contributed by atoms with Gasteiger partial charge in [0.25, 0.3) is 0 Å². The Labute approximate surface area is 111 Å². The van der Waals surface area contributed by atoms with Crippen molar-refractivity contribution in [2.24, 2.45) is 0 Å². The van der Waals surface area contributed by atoms with Crippen LogP contribution in [0.5, 0.6) is 17.2 Å². The molecule has 0 fully saturated rings. The molecule has 2 aromatic rings. The number of esters is 1. The van der Waals surface area contributed by atoms with Crippen LogP contribution < -0.4 is 9.47 Å². The molecule has 0 aliphatic rings. The van der Waals surface area contributed by atoms with Gasteiger partial charge in [-0.3, -0.25) is 0 Å². The lowest BCUT2D eigenvalue weighted by atomic mass is 10.2. The van der Waals surface area contributed by atoms with Crippen LogP contribution in [-0.2, 0) is 0 Å². The van der Waals surface area contributed by atoms with Crippen molar-refractivity contribution in [2.75, 3.05) is 7.11 Å². The summed E-state index contributed by atoms with van der Waals surface area (Å²) in [5, 5.41) is 9.17. The Balaban J connectivity index is 2.21. The first kappa shape index (κ1) is 13.0. The monoisotopic (exact) mass is 258 g/mol. The number of phenolic OH excluding ortho intramolecular Hbond substituents is 1. The van der Waals surface area contributed by atoms with Crippen molar-refractivity contribution in [2.45, 2.75) is 6.92 Å². The number of benzene rings is 2. The molecule has 98 valence electrons. The van der Waals surface area contributed by atoms with Gasteiger partial charge in [-0.1, -0.05) is 6.07 Å². The van der Waals surface area contributed by atoms with Gasteiger partial charge in [0.1, 0.15) is 5.75 Å². The Bertz CT molecular complexity index is 588. The van der Waals surface area contributed by atoms with Crippen molar-refractivity contribution in [3.05, 3.63) is 53.6 Å². The lowest BCUT2D eigenvalue weighted by Gasteiger charge is -2.09. The third-order valence-electron chi connectivity index (χ3n) is 2.62. The van der Waals surface area contributed by atoms with Crippen LogP contribution in [0.15, 0.2) is 42.5 Å². The highest BCUT2D eigenvalue weighted by Crippen LogP contribution is 2.28. The van der Waals surface area contributed by atoms with E-state index in [1.165, 1.54) is 31.4 Å². The number of carbonyl (C=O) groups excluding carboxylic acids is 1. The van der Waals surface area contributed by atoms with Gasteiger partial charge in [-0.25, -0.2) is 4.79 Å². The second kappa shape index (κ2) is 5.44. The quantitative estimate of drug-likeness (QED) is 0.679. The summed E-state index contributed by atoms with van der Waals surface area (Å²) in [5.41, 5.74) is 1.38. The largest absolute Gasteiger partial charge is 0.508 e. The van der Waals surface area contributed by atoms with Gasteiger partial charge in [-0.2, -0.15) is 0 Å². The molecule has 0 aliphatic heterocycles. The molecule has 2 aromatic carbocycles. The molecule has 0 aromatic heterocycles. The third kappa shape index (κ3) is 3.04. The molecule has 19 heavy (non-hydrogen) atoms. The van der Waals surface area contributed by atoms with Crippen LogP contribution in [-0.4, -0.2) is 18.2 Å². The van der Waals surface area contributed by atoms with Crippen LogP contribution in [0.2, 0.25) is 0 Å². The number of phenols is 1. The van der Waals surface area contributed by atoms with Crippen molar-refractivity contribution in [3.8, 4) is 17.2 Å². The Hall–Kier alpha value is -2.49. The summed E-state index contributed by atoms with van der Waals surface area (Å²) in [6.45, 7) is 1.92. The molecular formula is C15H14O4. The van der Waals surface area contributed by atoms with E-state index in [0.717, 1.165) is 5.56 Å². The molecule has 4 nitrogen and oxygen atoms in total. The smallest absolute Gasteiger partial charge is 0.343 e. The average Bonchev–Trinajstić information content (AvgIpc) is 2.41. The molecule has 0 aliphatic carbocycles. The number of rotatable bonds is 3. The van der Waals surface area contributed by atoms with Crippen molar-refractivity contribution in [1.82, 2.24) is 0 Å². The highest BCUT2D eigenvalue weighted by Gasteiger charge is 2.12. The number of methoxy groups -OCH3 is 1. The van der Waals surface area contributed by atoms with Gasteiger partial charge < -0.3 is 14.6 Å². The SMILES string of the molecule is COc1cc(C)ccc1OC(=O)c1ccc(O)cc1. The van der Waals surface area contributed by atoms with Crippen LogP contribution in [0, 0.1) is 6.92 Å². The van der Waals surface area contributed by atoms with Gasteiger partial charge in [0.2, 0.25) is 0 Å². The Kier molecular flexibility index (Phi) is 3.71. The van der Waals surface area contributed by atoms with Crippen molar-refractivity contribution in [1.29, 1.82) is 0 Å². The first-order chi connectivity index (χ1) is 9.10. The van der Waals surface area contributed by atoms with Crippen LogP contribution in [0.1, 0.15) is 15.9 Å². The van der Waals surface area contributed by atoms with E-state index in [9.17, 15) is 4.79 Å². The van der Waals surface area contributed by atoms with E-state index in [4.69, 9.17) is 14.6 Å². The van der Waals surface area contributed by atoms with E-state index in [-0.39, 0.29) is 5.75 Å². The summed E-state index contributed by atoms with van der Waals surface area (Å²) in [6.07, 6.45) is 0. The minimum Gasteiger partial charge on any atom is -0.508 e. The van der Waals surface area contributed by atoms with Crippen LogP contribution in [0.25, 0.3) is 0 Å². The van der Waals surface area contributed by atoms with Gasteiger partial charge in [0.05, 0.1) is 12.7 Å². The maximum Gasteiger partial charge on any atom is 0.343 e. The maximum absolute atomic E-state index is 11.9. The molecule has 0 amide bonds. The number of hydrogen-bond acceptors (Lipinski definition) is 4. The van der Waals surface area contributed by atoms with Gasteiger partial charge in [0.15, 0.2) is 11.5 Å². The molecule has 0 atom stereocenters. The predicted molar refractivity (Wildman–Crippen MR) is 70.8 cm³/mol. The summed E-state index contributed by atoms with van der Waals surface area (Å²) < 4.78 is 10.4. The molecule has 0 unspecified atom stereocenters. The summed E-state index contributed by atoms with van der Waals surface area (Å²) in [7, 11) is 1.52. The zero-order valence-corrected chi connectivity index (χ0v) is 10.7. The number of carbonyl (C=O) groups is 1. The fourth-order valence-electron chi connectivity index (χ4n) is 1.62. The highest BCUT2D eigenvalue weighted by molar-refractivity contribution is 5.91. The number of aryl methyl sites for hydroxylation is 1. The highest BCUT2D eigenvalue weighted by atomic mass is 16.6. The van der Waals surface area contributed by atoms with Crippen LogP contribution >= 0.6 is 0 Å². The van der Waals surface area contributed by atoms with Crippen LogP contribution in [0.3, 0.4) is 0 Å². The van der Waals surface area contributed by atoms with Crippen LogP contribution in [0.4, 0.5) is 0 Å². The third-order valence-corrected chi connectivity index (χ3v) is 2.62. The van der Waals surface area contributed by atoms with Gasteiger partial charge in [0, 0.05) is 0 Å². The summed E-state index contributed by atoms with van der Waals surface area (Å²) >= 11 is 0. The second-order valence-corrected chi connectivity index (χ2v) is 4.09. The molecule has 0 radical (unpaired) electrons. The minimum absolute atomic E-state index is 0.101. The lowest BCUT2D eigenvalue weighted by Crippen LogP contribution is -2.09. The second-order valence-electron chi connectivity index (χ2n) is 4.09. The van der Waals surface area contributed by atoms with Crippen molar-refractivity contribution >= 4 is 5.97 Å². The van der Waals surface area contributed by atoms with E-state index in [0.29, 0.717) is 17.1 Å². The van der Waals surface area contributed by atoms with Gasteiger partial charge >= 0.3 is 5.97 Å². The van der Waals surface area contributed by atoms with E-state index >= 15 is 0 Å². The minimum atomic E-state index is -0.498. The van der Waals surface area contributed by atoms with E-state index in [1.54, 1.807) is 12.1 Å². The van der Waals surface area contributed by atoms with E-state index < -0.39 is 5.97 Å². The van der Waals surface area contributed by atoms with Crippen molar-refractivity contribution in [3.63, 3.8) is 0 Å². The maximum atomic E-state index is 11.9.